The van der Waals surface area contributed by atoms with E-state index in [9.17, 15) is 5.11 Å². The molecule has 0 aromatic carbocycles. The molecular weight excluding hydrogens is 286 g/mol. The number of nitrogens with zero attached hydrogens (tertiary/aromatic N) is 5. The average molecular weight is 307 g/mol. The summed E-state index contributed by atoms with van der Waals surface area (Å²) in [4.78, 5) is 2.40. The lowest BCUT2D eigenvalue weighted by atomic mass is 9.89. The highest BCUT2D eigenvalue weighted by atomic mass is 32.1. The van der Waals surface area contributed by atoms with Crippen LogP contribution in [0.25, 0.3) is 0 Å². The summed E-state index contributed by atoms with van der Waals surface area (Å²) in [6.07, 6.45) is 3.34. The lowest BCUT2D eigenvalue weighted by Crippen LogP contribution is -2.35. The first-order valence-corrected chi connectivity index (χ1v) is 8.12. The number of aliphatic hydroxyl groups excluding tert-OH is 1. The van der Waals surface area contributed by atoms with E-state index in [1.807, 2.05) is 20.0 Å². The molecule has 114 valence electrons. The van der Waals surface area contributed by atoms with E-state index in [4.69, 9.17) is 0 Å². The van der Waals surface area contributed by atoms with Crippen molar-refractivity contribution in [2.75, 3.05) is 13.1 Å². The fourth-order valence-corrected chi connectivity index (χ4v) is 3.69. The maximum Gasteiger partial charge on any atom is 0.131 e. The van der Waals surface area contributed by atoms with Crippen molar-refractivity contribution in [3.05, 3.63) is 28.0 Å². The highest BCUT2D eigenvalue weighted by Gasteiger charge is 2.28. The van der Waals surface area contributed by atoms with Crippen molar-refractivity contribution in [2.45, 2.75) is 32.4 Å². The number of aromatic nitrogens is 4. The van der Waals surface area contributed by atoms with Crippen molar-refractivity contribution in [2.24, 2.45) is 13.0 Å². The van der Waals surface area contributed by atoms with Crippen LogP contribution in [0.4, 0.5) is 0 Å². The molecule has 0 spiro atoms. The van der Waals surface area contributed by atoms with Gasteiger partial charge < -0.3 is 5.11 Å². The molecule has 1 aliphatic rings. The Hall–Kier alpha value is -1.31. The molecule has 3 heterocycles. The van der Waals surface area contributed by atoms with Crippen LogP contribution in [0.5, 0.6) is 0 Å². The van der Waals surface area contributed by atoms with Gasteiger partial charge in [0.25, 0.3) is 0 Å². The van der Waals surface area contributed by atoms with Gasteiger partial charge in [-0.05, 0) is 44.8 Å². The molecule has 0 saturated carbocycles. The van der Waals surface area contributed by atoms with E-state index in [0.29, 0.717) is 5.92 Å². The Kier molecular flexibility index (Phi) is 4.32. The summed E-state index contributed by atoms with van der Waals surface area (Å²) in [7, 11) is 1.88. The molecule has 1 unspecified atom stereocenters. The van der Waals surface area contributed by atoms with E-state index >= 15 is 0 Å². The number of piperidine rings is 1. The van der Waals surface area contributed by atoms with Crippen LogP contribution in [-0.2, 0) is 13.6 Å². The molecule has 1 saturated heterocycles. The van der Waals surface area contributed by atoms with Crippen LogP contribution in [0.2, 0.25) is 0 Å². The van der Waals surface area contributed by atoms with Gasteiger partial charge in [0.2, 0.25) is 0 Å². The summed E-state index contributed by atoms with van der Waals surface area (Å²) in [6.45, 7) is 4.86. The second-order valence-corrected chi connectivity index (χ2v) is 6.92. The smallest absolute Gasteiger partial charge is 0.131 e. The number of hydrogen-bond donors (Lipinski definition) is 1. The molecule has 1 fully saturated rings. The van der Waals surface area contributed by atoms with Crippen LogP contribution in [0.15, 0.2) is 12.3 Å². The van der Waals surface area contributed by atoms with Crippen LogP contribution in [0.1, 0.15) is 34.7 Å². The summed E-state index contributed by atoms with van der Waals surface area (Å²) in [5.41, 5.74) is 0.910. The van der Waals surface area contributed by atoms with Gasteiger partial charge in [-0.3, -0.25) is 9.58 Å². The Labute approximate surface area is 128 Å². The Morgan fingerprint density at radius 3 is 2.71 bits per heavy atom. The zero-order valence-corrected chi connectivity index (χ0v) is 13.3. The Bertz CT molecular complexity index is 588. The van der Waals surface area contributed by atoms with Gasteiger partial charge in [-0.1, -0.05) is 0 Å². The number of aliphatic hydroxyl groups is 1. The molecule has 0 radical (unpaired) electrons. The lowest BCUT2D eigenvalue weighted by Gasteiger charge is -2.33. The second kappa shape index (κ2) is 6.21. The molecule has 3 rings (SSSR count). The highest BCUT2D eigenvalue weighted by Crippen LogP contribution is 2.30. The van der Waals surface area contributed by atoms with Crippen LogP contribution >= 0.6 is 11.3 Å². The van der Waals surface area contributed by atoms with Crippen molar-refractivity contribution >= 4 is 11.3 Å². The average Bonchev–Trinajstić information content (AvgIpc) is 3.08. The van der Waals surface area contributed by atoms with Crippen molar-refractivity contribution in [3.63, 3.8) is 0 Å². The minimum Gasteiger partial charge on any atom is -0.387 e. The maximum absolute atomic E-state index is 10.5. The van der Waals surface area contributed by atoms with Crippen molar-refractivity contribution < 1.29 is 5.11 Å². The van der Waals surface area contributed by atoms with Crippen LogP contribution in [0.3, 0.4) is 0 Å². The first-order chi connectivity index (χ1) is 10.1. The molecule has 21 heavy (non-hydrogen) atoms. The monoisotopic (exact) mass is 307 g/mol. The van der Waals surface area contributed by atoms with Gasteiger partial charge in [-0.15, -0.1) is 21.5 Å². The number of rotatable bonds is 4. The van der Waals surface area contributed by atoms with E-state index < -0.39 is 6.10 Å². The molecule has 2 aromatic heterocycles. The van der Waals surface area contributed by atoms with E-state index in [-0.39, 0.29) is 0 Å². The normalized spacial score (nSPS) is 19.0. The van der Waals surface area contributed by atoms with Gasteiger partial charge in [0.05, 0.1) is 18.3 Å². The van der Waals surface area contributed by atoms with Gasteiger partial charge in [0.1, 0.15) is 10.0 Å². The van der Waals surface area contributed by atoms with E-state index in [1.54, 1.807) is 22.2 Å². The predicted octanol–water partition coefficient (Wildman–Crippen LogP) is 1.53. The minimum atomic E-state index is -0.413. The first-order valence-electron chi connectivity index (χ1n) is 7.31. The Balaban J connectivity index is 1.54. The van der Waals surface area contributed by atoms with E-state index in [1.165, 1.54) is 0 Å². The van der Waals surface area contributed by atoms with Gasteiger partial charge in [0.15, 0.2) is 0 Å². The first kappa shape index (κ1) is 14.6. The fourth-order valence-electron chi connectivity index (χ4n) is 2.94. The van der Waals surface area contributed by atoms with Gasteiger partial charge in [-0.2, -0.15) is 5.10 Å². The Morgan fingerprint density at radius 1 is 1.38 bits per heavy atom. The molecule has 1 N–H and O–H groups in total. The van der Waals surface area contributed by atoms with Crippen LogP contribution < -0.4 is 0 Å². The molecule has 1 atom stereocenters. The molecule has 0 bridgehead atoms. The molecule has 6 nitrogen and oxygen atoms in total. The molecule has 0 amide bonds. The van der Waals surface area contributed by atoms with E-state index in [2.05, 4.69) is 20.2 Å². The maximum atomic E-state index is 10.5. The van der Waals surface area contributed by atoms with Gasteiger partial charge >= 0.3 is 0 Å². The zero-order valence-electron chi connectivity index (χ0n) is 12.4. The zero-order chi connectivity index (χ0) is 14.8. The fraction of sp³-hybridized carbons (Fsp3) is 0.643. The highest BCUT2D eigenvalue weighted by molar-refractivity contribution is 7.11. The summed E-state index contributed by atoms with van der Waals surface area (Å²) in [6, 6.07) is 1.90. The largest absolute Gasteiger partial charge is 0.387 e. The molecule has 1 aliphatic heterocycles. The lowest BCUT2D eigenvalue weighted by molar-refractivity contribution is 0.0514. The van der Waals surface area contributed by atoms with Crippen molar-refractivity contribution in [1.82, 2.24) is 24.9 Å². The van der Waals surface area contributed by atoms with Crippen molar-refractivity contribution in [3.8, 4) is 0 Å². The Morgan fingerprint density at radius 2 is 2.14 bits per heavy atom. The van der Waals surface area contributed by atoms with E-state index in [0.717, 1.165) is 48.2 Å². The summed E-state index contributed by atoms with van der Waals surface area (Å²) in [5.74, 6) is 0.313. The number of hydrogen-bond acceptors (Lipinski definition) is 6. The molecular formula is C14H21N5OS. The second-order valence-electron chi connectivity index (χ2n) is 5.65. The standard InChI is InChI=1S/C14H21N5OS/c1-10-16-17-13(21-10)9-19-7-4-11(5-8-19)14(20)12-3-6-15-18(12)2/h3,6,11,14,20H,4-5,7-9H2,1-2H3. The molecule has 7 heteroatoms. The molecule has 0 aliphatic carbocycles. The summed E-state index contributed by atoms with van der Waals surface area (Å²) < 4.78 is 1.76. The third kappa shape index (κ3) is 3.30. The SMILES string of the molecule is Cc1nnc(CN2CCC(C(O)c3ccnn3C)CC2)s1. The third-order valence-electron chi connectivity index (χ3n) is 4.17. The number of likely N-dealkylation sites (tertiary alicyclic amines) is 1. The number of aryl methyl sites for hydroxylation is 2. The van der Waals surface area contributed by atoms with Gasteiger partial charge in [0, 0.05) is 13.2 Å². The minimum absolute atomic E-state index is 0.313. The topological polar surface area (TPSA) is 67.1 Å². The van der Waals surface area contributed by atoms with Crippen LogP contribution in [-0.4, -0.2) is 43.1 Å². The quantitative estimate of drug-likeness (QED) is 0.928. The summed E-state index contributed by atoms with van der Waals surface area (Å²) >= 11 is 1.66. The van der Waals surface area contributed by atoms with Crippen molar-refractivity contribution in [1.29, 1.82) is 0 Å². The van der Waals surface area contributed by atoms with Crippen LogP contribution in [0, 0.1) is 12.8 Å². The van der Waals surface area contributed by atoms with Gasteiger partial charge in [-0.25, -0.2) is 0 Å². The summed E-state index contributed by atoms with van der Waals surface area (Å²) in [5, 5.41) is 25.0. The molecule has 2 aromatic rings. The predicted molar refractivity (Wildman–Crippen MR) is 80.8 cm³/mol. The third-order valence-corrected chi connectivity index (χ3v) is 4.99.